The van der Waals surface area contributed by atoms with Crippen LogP contribution in [0, 0.1) is 0 Å². The van der Waals surface area contributed by atoms with E-state index in [-0.39, 0.29) is 16.4 Å². The number of carbonyl (C=O) groups is 3. The Bertz CT molecular complexity index is 1050. The van der Waals surface area contributed by atoms with Gasteiger partial charge in [-0.3, -0.25) is 14.4 Å². The molecule has 1 heterocycles. The molecule has 1 aliphatic heterocycles. The highest BCUT2D eigenvalue weighted by Crippen LogP contribution is 2.32. The number of hydrogen-bond acceptors (Lipinski definition) is 5. The molecular weight excluding hydrogens is 370 g/mol. The van der Waals surface area contributed by atoms with Gasteiger partial charge in [0.15, 0.2) is 0 Å². The maximum absolute atomic E-state index is 12.6. The van der Waals surface area contributed by atoms with Gasteiger partial charge < -0.3 is 10.6 Å². The summed E-state index contributed by atoms with van der Waals surface area (Å²) in [7, 11) is -4.09. The maximum atomic E-state index is 12.6. The van der Waals surface area contributed by atoms with E-state index >= 15 is 0 Å². The number of fused-ring (bicyclic) bond motifs is 1. The fraction of sp³-hybridized carbons (Fsp3) is 0.167. The first kappa shape index (κ1) is 18.6. The van der Waals surface area contributed by atoms with Gasteiger partial charge in [-0.25, -0.2) is 12.7 Å². The van der Waals surface area contributed by atoms with E-state index in [9.17, 15) is 22.8 Å². The minimum Gasteiger partial charge on any atom is -0.326 e. The highest BCUT2D eigenvalue weighted by atomic mass is 32.2. The Morgan fingerprint density at radius 2 is 1.63 bits per heavy atom. The molecule has 140 valence electrons. The molecular formula is C18H17N3O5S. The molecule has 0 spiro atoms. The van der Waals surface area contributed by atoms with Gasteiger partial charge in [-0.1, -0.05) is 18.2 Å². The number of anilines is 2. The average molecular weight is 387 g/mol. The van der Waals surface area contributed by atoms with Crippen LogP contribution in [0.5, 0.6) is 0 Å². The molecule has 9 heteroatoms. The number of rotatable bonds is 4. The summed E-state index contributed by atoms with van der Waals surface area (Å²) in [5, 5.41) is 5.15. The van der Waals surface area contributed by atoms with Crippen LogP contribution in [0.15, 0.2) is 53.4 Å². The summed E-state index contributed by atoms with van der Waals surface area (Å²) in [6.45, 7) is 2.70. The third-order valence-electron chi connectivity index (χ3n) is 4.04. The quantitative estimate of drug-likeness (QED) is 0.831. The molecule has 8 nitrogen and oxygen atoms in total. The lowest BCUT2D eigenvalue weighted by Gasteiger charge is -2.22. The first-order chi connectivity index (χ1) is 12.7. The molecule has 0 unspecified atom stereocenters. The van der Waals surface area contributed by atoms with Gasteiger partial charge in [-0.2, -0.15) is 0 Å². The van der Waals surface area contributed by atoms with Gasteiger partial charge in [0, 0.05) is 18.3 Å². The molecule has 0 saturated carbocycles. The lowest BCUT2D eigenvalue weighted by Crippen LogP contribution is -2.45. The fourth-order valence-electron chi connectivity index (χ4n) is 2.82. The van der Waals surface area contributed by atoms with Gasteiger partial charge in [0.1, 0.15) is 10.9 Å². The molecule has 0 aromatic heterocycles. The van der Waals surface area contributed by atoms with E-state index in [4.69, 9.17) is 0 Å². The zero-order chi connectivity index (χ0) is 19.8. The molecule has 0 saturated heterocycles. The second-order valence-corrected chi connectivity index (χ2v) is 7.81. The summed E-state index contributed by atoms with van der Waals surface area (Å²) in [6, 6.07) is 11.0. The van der Waals surface area contributed by atoms with Crippen LogP contribution < -0.4 is 10.6 Å². The summed E-state index contributed by atoms with van der Waals surface area (Å²) in [5.41, 5.74) is 0.884. The zero-order valence-corrected chi connectivity index (χ0v) is 15.4. The molecule has 3 amide bonds. The lowest BCUT2D eigenvalue weighted by molar-refractivity contribution is -0.119. The third kappa shape index (κ3) is 3.41. The Kier molecular flexibility index (Phi) is 4.71. The summed E-state index contributed by atoms with van der Waals surface area (Å²) in [6.07, 6.45) is 0. The highest BCUT2D eigenvalue weighted by Gasteiger charge is 2.45. The smallest absolute Gasteiger partial charge is 0.269 e. The predicted molar refractivity (Wildman–Crippen MR) is 98.6 cm³/mol. The molecule has 1 atom stereocenters. The minimum absolute atomic E-state index is 0.0461. The molecule has 2 N–H and O–H groups in total. The molecule has 27 heavy (non-hydrogen) atoms. The third-order valence-corrected chi connectivity index (χ3v) is 5.95. The molecule has 0 aliphatic carbocycles. The Morgan fingerprint density at radius 3 is 2.26 bits per heavy atom. The number of benzene rings is 2. The standard InChI is InChI=1S/C18H17N3O5S/c1-11(17(23)20-14-7-5-6-13(10-14)19-12(2)22)21-18(24)15-8-3-4-9-16(15)27(21,25)26/h3-11H,1-2H3,(H,19,22)(H,20,23)/t11-/m1/s1. The van der Waals surface area contributed by atoms with Crippen molar-refractivity contribution in [1.82, 2.24) is 4.31 Å². The number of nitrogens with one attached hydrogen (secondary N) is 2. The monoisotopic (exact) mass is 387 g/mol. The van der Waals surface area contributed by atoms with Gasteiger partial charge in [0.05, 0.1) is 5.56 Å². The van der Waals surface area contributed by atoms with Crippen molar-refractivity contribution in [2.24, 2.45) is 0 Å². The average Bonchev–Trinajstić information content (AvgIpc) is 2.80. The zero-order valence-electron chi connectivity index (χ0n) is 14.6. The van der Waals surface area contributed by atoms with E-state index in [0.717, 1.165) is 0 Å². The Balaban J connectivity index is 1.83. The van der Waals surface area contributed by atoms with Crippen molar-refractivity contribution >= 4 is 39.1 Å². The summed E-state index contributed by atoms with van der Waals surface area (Å²) < 4.78 is 25.9. The predicted octanol–water partition coefficient (Wildman–Crippen LogP) is 1.82. The lowest BCUT2D eigenvalue weighted by atomic mass is 10.2. The van der Waals surface area contributed by atoms with Crippen LogP contribution in [0.4, 0.5) is 11.4 Å². The Labute approximate surface area is 156 Å². The topological polar surface area (TPSA) is 113 Å². The molecule has 0 radical (unpaired) electrons. The highest BCUT2D eigenvalue weighted by molar-refractivity contribution is 7.90. The van der Waals surface area contributed by atoms with Crippen LogP contribution in [-0.2, 0) is 19.6 Å². The van der Waals surface area contributed by atoms with E-state index in [1.807, 2.05) is 0 Å². The molecule has 1 aliphatic rings. The molecule has 0 fully saturated rings. The number of nitrogens with zero attached hydrogens (tertiary/aromatic N) is 1. The van der Waals surface area contributed by atoms with Crippen molar-refractivity contribution in [3.63, 3.8) is 0 Å². The summed E-state index contributed by atoms with van der Waals surface area (Å²) in [4.78, 5) is 36.1. The largest absolute Gasteiger partial charge is 0.326 e. The number of hydrogen-bond donors (Lipinski definition) is 2. The van der Waals surface area contributed by atoms with Crippen molar-refractivity contribution in [3.05, 3.63) is 54.1 Å². The second-order valence-electron chi connectivity index (χ2n) is 6.03. The van der Waals surface area contributed by atoms with Crippen LogP contribution in [0.2, 0.25) is 0 Å². The molecule has 2 aromatic carbocycles. The van der Waals surface area contributed by atoms with Gasteiger partial charge in [-0.05, 0) is 37.3 Å². The second kappa shape index (κ2) is 6.84. The number of amides is 3. The van der Waals surface area contributed by atoms with Gasteiger partial charge in [0.2, 0.25) is 11.8 Å². The summed E-state index contributed by atoms with van der Waals surface area (Å²) in [5.74, 6) is -1.67. The molecule has 3 rings (SSSR count). The molecule has 0 bridgehead atoms. The van der Waals surface area contributed by atoms with Crippen LogP contribution in [0.25, 0.3) is 0 Å². The summed E-state index contributed by atoms with van der Waals surface area (Å²) >= 11 is 0. The molecule has 2 aromatic rings. The van der Waals surface area contributed by atoms with Crippen LogP contribution in [0.1, 0.15) is 24.2 Å². The fourth-order valence-corrected chi connectivity index (χ4v) is 4.54. The van der Waals surface area contributed by atoms with Gasteiger partial charge >= 0.3 is 0 Å². The van der Waals surface area contributed by atoms with E-state index in [0.29, 0.717) is 15.7 Å². The van der Waals surface area contributed by atoms with Crippen LogP contribution in [0.3, 0.4) is 0 Å². The van der Waals surface area contributed by atoms with Gasteiger partial charge in [0.25, 0.3) is 15.9 Å². The Hall–Kier alpha value is -3.20. The normalized spacial score (nSPS) is 15.8. The van der Waals surface area contributed by atoms with E-state index < -0.39 is 27.9 Å². The van der Waals surface area contributed by atoms with E-state index in [2.05, 4.69) is 10.6 Å². The minimum atomic E-state index is -4.09. The van der Waals surface area contributed by atoms with Crippen LogP contribution in [-0.4, -0.2) is 36.5 Å². The van der Waals surface area contributed by atoms with Crippen molar-refractivity contribution in [2.75, 3.05) is 10.6 Å². The van der Waals surface area contributed by atoms with Crippen molar-refractivity contribution in [2.45, 2.75) is 24.8 Å². The number of carbonyl (C=O) groups excluding carboxylic acids is 3. The maximum Gasteiger partial charge on any atom is 0.269 e. The SMILES string of the molecule is CC(=O)Nc1cccc(NC(=O)[C@@H](C)N2C(=O)c3ccccc3S2(=O)=O)c1. The first-order valence-corrected chi connectivity index (χ1v) is 9.52. The van der Waals surface area contributed by atoms with Crippen LogP contribution >= 0.6 is 0 Å². The van der Waals surface area contributed by atoms with Crippen molar-refractivity contribution in [1.29, 1.82) is 0 Å². The first-order valence-electron chi connectivity index (χ1n) is 8.08. The van der Waals surface area contributed by atoms with Crippen molar-refractivity contribution < 1.29 is 22.8 Å². The van der Waals surface area contributed by atoms with E-state index in [1.165, 1.54) is 38.1 Å². The van der Waals surface area contributed by atoms with E-state index in [1.54, 1.807) is 24.3 Å². The number of sulfonamides is 1. The van der Waals surface area contributed by atoms with Crippen molar-refractivity contribution in [3.8, 4) is 0 Å². The Morgan fingerprint density at radius 1 is 1.00 bits per heavy atom. The van der Waals surface area contributed by atoms with Gasteiger partial charge in [-0.15, -0.1) is 0 Å².